The van der Waals surface area contributed by atoms with Crippen molar-refractivity contribution >= 4 is 22.4 Å². The van der Waals surface area contributed by atoms with Crippen molar-refractivity contribution in [2.24, 2.45) is 0 Å². The Labute approximate surface area is 142 Å². The highest BCUT2D eigenvalue weighted by atomic mass is 32.2. The second-order valence-electron chi connectivity index (χ2n) is 4.88. The predicted molar refractivity (Wildman–Crippen MR) is 78.5 cm³/mol. The van der Waals surface area contributed by atoms with E-state index in [0.717, 1.165) is 12.1 Å². The van der Waals surface area contributed by atoms with E-state index in [-0.39, 0.29) is 5.75 Å². The van der Waals surface area contributed by atoms with Gasteiger partial charge in [-0.1, -0.05) is 0 Å². The molecule has 0 aliphatic carbocycles. The van der Waals surface area contributed by atoms with Gasteiger partial charge in [-0.3, -0.25) is 14.9 Å². The summed E-state index contributed by atoms with van der Waals surface area (Å²) in [5.41, 5.74) is -5.84. The molecule has 0 spiro atoms. The Balaban J connectivity index is 2.13. The van der Waals surface area contributed by atoms with Crippen LogP contribution in [0.1, 0.15) is 0 Å². The number of hydrogen-bond acceptors (Lipinski definition) is 6. The summed E-state index contributed by atoms with van der Waals surface area (Å²) in [5.74, 6) is -0.810. The zero-order valence-electron chi connectivity index (χ0n) is 12.7. The van der Waals surface area contributed by atoms with Gasteiger partial charge in [0.25, 0.3) is 5.91 Å². The van der Waals surface area contributed by atoms with Crippen molar-refractivity contribution in [1.29, 1.82) is 0 Å². The second-order valence-corrected chi connectivity index (χ2v) is 6.35. The maximum atomic E-state index is 12.5. The summed E-state index contributed by atoms with van der Waals surface area (Å²) in [6, 6.07) is 2.23. The van der Waals surface area contributed by atoms with Crippen molar-refractivity contribution in [3.63, 3.8) is 0 Å². The third-order valence-electron chi connectivity index (χ3n) is 3.27. The number of carbonyl (C=O) groups excluding carboxylic acids is 1. The lowest BCUT2D eigenvalue weighted by Gasteiger charge is -2.26. The van der Waals surface area contributed by atoms with Crippen molar-refractivity contribution in [1.82, 2.24) is 4.90 Å². The van der Waals surface area contributed by atoms with Gasteiger partial charge < -0.3 is 14.4 Å². The van der Waals surface area contributed by atoms with E-state index in [1.165, 1.54) is 4.90 Å². The molecule has 0 bridgehead atoms. The summed E-state index contributed by atoms with van der Waals surface area (Å²) in [5, 5.41) is 11.0. The second kappa shape index (κ2) is 7.78. The van der Waals surface area contributed by atoms with Crippen LogP contribution < -0.4 is 4.74 Å². The van der Waals surface area contributed by atoms with Gasteiger partial charge in [0.2, 0.25) is 0 Å². The molecule has 8 nitrogen and oxygen atoms in total. The number of ether oxygens (including phenoxy) is 2. The summed E-state index contributed by atoms with van der Waals surface area (Å²) >= 11 is 0. The largest absolute Gasteiger partial charge is 0.477 e. The lowest BCUT2D eigenvalue weighted by atomic mass is 10.3. The summed E-state index contributed by atoms with van der Waals surface area (Å²) in [6.07, 6.45) is 0. The molecule has 0 saturated carbocycles. The number of morpholine rings is 1. The van der Waals surface area contributed by atoms with E-state index in [1.54, 1.807) is 0 Å². The van der Waals surface area contributed by atoms with Crippen LogP contribution in [0.5, 0.6) is 5.75 Å². The quantitative estimate of drug-likeness (QED) is 0.565. The first-order valence-electron chi connectivity index (χ1n) is 6.95. The standard InChI is InChI=1S/C13H13F3N2O6S/c14-13(15,16)25(22)9-1-2-11(10(7-9)18(20)21)24-8-12(19)17-3-5-23-6-4-17/h1-2,7H,3-6,8H2. The third kappa shape index (κ3) is 4.89. The van der Waals surface area contributed by atoms with Crippen molar-refractivity contribution in [3.05, 3.63) is 28.3 Å². The molecule has 1 aliphatic rings. The fourth-order valence-corrected chi connectivity index (χ4v) is 2.73. The maximum absolute atomic E-state index is 12.5. The van der Waals surface area contributed by atoms with E-state index in [1.807, 2.05) is 0 Å². The number of nitro groups is 1. The average molecular weight is 382 g/mol. The van der Waals surface area contributed by atoms with Crippen molar-refractivity contribution < 1.29 is 36.6 Å². The van der Waals surface area contributed by atoms with Crippen LogP contribution in [-0.4, -0.2) is 58.4 Å². The van der Waals surface area contributed by atoms with Crippen molar-refractivity contribution in [3.8, 4) is 5.75 Å². The van der Waals surface area contributed by atoms with Crippen LogP contribution in [0.25, 0.3) is 0 Å². The topological polar surface area (TPSA) is 99.0 Å². The first-order valence-corrected chi connectivity index (χ1v) is 8.10. The van der Waals surface area contributed by atoms with Crippen LogP contribution in [0.15, 0.2) is 23.1 Å². The average Bonchev–Trinajstić information content (AvgIpc) is 2.58. The first kappa shape index (κ1) is 19.1. The molecule has 1 saturated heterocycles. The Morgan fingerprint density at radius 2 is 2.00 bits per heavy atom. The highest BCUT2D eigenvalue weighted by Gasteiger charge is 2.39. The van der Waals surface area contributed by atoms with Gasteiger partial charge in [0, 0.05) is 19.2 Å². The summed E-state index contributed by atoms with van der Waals surface area (Å²) in [7, 11) is -3.40. The summed E-state index contributed by atoms with van der Waals surface area (Å²) in [4.78, 5) is 22.7. The van der Waals surface area contributed by atoms with Crippen LogP contribution in [-0.2, 0) is 20.3 Å². The van der Waals surface area contributed by atoms with Crippen molar-refractivity contribution in [2.75, 3.05) is 32.9 Å². The smallest absolute Gasteiger partial charge is 0.475 e. The minimum Gasteiger partial charge on any atom is -0.477 e. The molecule has 1 fully saturated rings. The molecule has 0 N–H and O–H groups in total. The van der Waals surface area contributed by atoms with Gasteiger partial charge in [-0.15, -0.1) is 0 Å². The molecule has 0 aromatic heterocycles. The van der Waals surface area contributed by atoms with E-state index in [0.29, 0.717) is 32.4 Å². The molecule has 25 heavy (non-hydrogen) atoms. The lowest BCUT2D eigenvalue weighted by Crippen LogP contribution is -2.43. The molecular weight excluding hydrogens is 369 g/mol. The number of hydrogen-bond donors (Lipinski definition) is 0. The zero-order valence-corrected chi connectivity index (χ0v) is 13.5. The van der Waals surface area contributed by atoms with E-state index >= 15 is 0 Å². The van der Waals surface area contributed by atoms with Crippen LogP contribution in [0.4, 0.5) is 18.9 Å². The highest BCUT2D eigenvalue weighted by molar-refractivity contribution is 7.86. The van der Waals surface area contributed by atoms with E-state index < -0.39 is 44.3 Å². The zero-order chi connectivity index (χ0) is 18.6. The van der Waals surface area contributed by atoms with Gasteiger partial charge in [-0.25, -0.2) is 4.21 Å². The Morgan fingerprint density at radius 3 is 2.56 bits per heavy atom. The van der Waals surface area contributed by atoms with Gasteiger partial charge in [-0.05, 0) is 12.1 Å². The number of amides is 1. The Kier molecular flexibility index (Phi) is 5.95. The number of nitro benzene ring substituents is 1. The molecule has 1 atom stereocenters. The Bertz CT molecular complexity index is 691. The molecule has 138 valence electrons. The molecule has 1 amide bonds. The third-order valence-corrected chi connectivity index (χ3v) is 4.37. The van der Waals surface area contributed by atoms with Gasteiger partial charge in [0.05, 0.1) is 23.0 Å². The number of benzene rings is 1. The SMILES string of the molecule is O=C(COc1ccc(S(=O)C(F)(F)F)cc1[N+](=O)[O-])N1CCOCC1. The Hall–Kier alpha value is -2.21. The van der Waals surface area contributed by atoms with Crippen LogP contribution in [0.2, 0.25) is 0 Å². The van der Waals surface area contributed by atoms with Gasteiger partial charge in [0.1, 0.15) is 0 Å². The Morgan fingerprint density at radius 1 is 1.36 bits per heavy atom. The molecule has 1 aromatic carbocycles. The molecule has 1 aliphatic heterocycles. The molecule has 0 radical (unpaired) electrons. The summed E-state index contributed by atoms with van der Waals surface area (Å²) in [6.45, 7) is 0.928. The number of halogens is 3. The minimum atomic E-state index is -5.04. The van der Waals surface area contributed by atoms with Crippen molar-refractivity contribution in [2.45, 2.75) is 10.4 Å². The minimum absolute atomic E-state index is 0.355. The van der Waals surface area contributed by atoms with Crippen LogP contribution >= 0.6 is 0 Å². The van der Waals surface area contributed by atoms with Crippen LogP contribution in [0, 0.1) is 10.1 Å². The highest BCUT2D eigenvalue weighted by Crippen LogP contribution is 2.33. The van der Waals surface area contributed by atoms with E-state index in [2.05, 4.69) is 0 Å². The van der Waals surface area contributed by atoms with Gasteiger partial charge in [-0.2, -0.15) is 13.2 Å². The molecule has 12 heteroatoms. The van der Waals surface area contributed by atoms with E-state index in [4.69, 9.17) is 9.47 Å². The number of alkyl halides is 3. The van der Waals surface area contributed by atoms with Crippen LogP contribution in [0.3, 0.4) is 0 Å². The first-order chi connectivity index (χ1) is 11.7. The molecule has 1 unspecified atom stereocenters. The monoisotopic (exact) mass is 382 g/mol. The lowest BCUT2D eigenvalue weighted by molar-refractivity contribution is -0.386. The molecular formula is C13H13F3N2O6S. The van der Waals surface area contributed by atoms with Gasteiger partial charge >= 0.3 is 11.2 Å². The molecule has 2 rings (SSSR count). The number of nitrogens with zero attached hydrogens (tertiary/aromatic N) is 2. The number of carbonyl (C=O) groups is 1. The number of rotatable bonds is 5. The molecule has 1 heterocycles. The van der Waals surface area contributed by atoms with Gasteiger partial charge in [0.15, 0.2) is 23.2 Å². The molecule has 1 aromatic rings. The normalized spacial score (nSPS) is 16.4. The fourth-order valence-electron chi connectivity index (χ4n) is 2.05. The van der Waals surface area contributed by atoms with E-state index in [9.17, 15) is 32.3 Å². The fraction of sp³-hybridized carbons (Fsp3) is 0.462. The predicted octanol–water partition coefficient (Wildman–Crippen LogP) is 1.46. The maximum Gasteiger partial charge on any atom is 0.475 e. The summed E-state index contributed by atoms with van der Waals surface area (Å²) < 4.78 is 58.8.